The average molecular weight is 267 g/mol. The lowest BCUT2D eigenvalue weighted by atomic mass is 10.1. The normalized spacial score (nSPS) is 11.7. The molecule has 0 fully saturated rings. The molecule has 1 amide bonds. The van der Waals surface area contributed by atoms with Crippen LogP contribution in [0, 0.1) is 0 Å². The van der Waals surface area contributed by atoms with Crippen LogP contribution in [0.25, 0.3) is 10.8 Å². The highest BCUT2D eigenvalue weighted by molar-refractivity contribution is 6.03. The summed E-state index contributed by atoms with van der Waals surface area (Å²) in [6, 6.07) is 9.99. The van der Waals surface area contributed by atoms with Crippen LogP contribution in [0.15, 0.2) is 36.4 Å². The molecule has 0 saturated carbocycles. The zero-order valence-corrected chi connectivity index (χ0v) is 10.7. The third kappa shape index (κ3) is 2.91. The first kappa shape index (κ1) is 14.3. The third-order valence-corrected chi connectivity index (χ3v) is 2.54. The minimum atomic E-state index is -0.567. The van der Waals surface area contributed by atoms with E-state index in [2.05, 4.69) is 5.32 Å². The van der Waals surface area contributed by atoms with Crippen LogP contribution < -0.4 is 11.1 Å². The number of benzene rings is 2. The molecule has 2 aromatic rings. The van der Waals surface area contributed by atoms with E-state index in [1.165, 1.54) is 0 Å². The average Bonchev–Trinajstić information content (AvgIpc) is 2.29. The molecule has 0 radical (unpaired) electrons. The fourth-order valence-electron chi connectivity index (χ4n) is 1.62. The molecule has 5 heteroatoms. The van der Waals surface area contributed by atoms with Gasteiger partial charge in [0, 0.05) is 11.1 Å². The van der Waals surface area contributed by atoms with E-state index >= 15 is 0 Å². The Labute approximate surface area is 111 Å². The number of carbonyl (C=O) groups excluding carboxylic acids is 1. The monoisotopic (exact) mass is 266 g/mol. The number of fused-ring (bicyclic) bond motifs is 1. The maximum Gasteiger partial charge on any atom is 0.241 e. The number of amides is 1. The van der Waals surface area contributed by atoms with Crippen LogP contribution >= 0.6 is 12.4 Å². The second kappa shape index (κ2) is 5.71. The topological polar surface area (TPSA) is 75.4 Å². The van der Waals surface area contributed by atoms with Crippen LogP contribution in [0.3, 0.4) is 0 Å². The van der Waals surface area contributed by atoms with Crippen LogP contribution in [0.2, 0.25) is 0 Å². The first-order chi connectivity index (χ1) is 8.08. The number of nitrogens with two attached hydrogens (primary N) is 1. The highest BCUT2D eigenvalue weighted by atomic mass is 35.5. The molecule has 0 aliphatic heterocycles. The molecular formula is C13H15ClN2O2. The van der Waals surface area contributed by atoms with E-state index in [0.717, 1.165) is 10.8 Å². The van der Waals surface area contributed by atoms with Crippen molar-refractivity contribution in [1.82, 2.24) is 0 Å². The molecule has 18 heavy (non-hydrogen) atoms. The summed E-state index contributed by atoms with van der Waals surface area (Å²) in [6.07, 6.45) is 0. The van der Waals surface area contributed by atoms with Crippen LogP contribution in [-0.4, -0.2) is 17.1 Å². The summed E-state index contributed by atoms with van der Waals surface area (Å²) < 4.78 is 0. The molecule has 0 aromatic heterocycles. The van der Waals surface area contributed by atoms with Gasteiger partial charge in [-0.25, -0.2) is 0 Å². The molecular weight excluding hydrogens is 252 g/mol. The van der Waals surface area contributed by atoms with Crippen LogP contribution in [-0.2, 0) is 4.79 Å². The molecule has 2 rings (SSSR count). The largest absolute Gasteiger partial charge is 0.508 e. The molecule has 1 atom stereocenters. The van der Waals surface area contributed by atoms with E-state index in [1.807, 2.05) is 12.1 Å². The molecule has 0 heterocycles. The first-order valence-corrected chi connectivity index (χ1v) is 5.36. The summed E-state index contributed by atoms with van der Waals surface area (Å²) in [6.45, 7) is 1.62. The Kier molecular flexibility index (Phi) is 4.53. The summed E-state index contributed by atoms with van der Waals surface area (Å²) in [5, 5.41) is 13.9. The first-order valence-electron chi connectivity index (χ1n) is 5.36. The Morgan fingerprint density at radius 3 is 2.72 bits per heavy atom. The number of phenols is 1. The van der Waals surface area contributed by atoms with Gasteiger partial charge in [0.05, 0.1) is 6.04 Å². The second-order valence-electron chi connectivity index (χ2n) is 3.99. The summed E-state index contributed by atoms with van der Waals surface area (Å²) in [5.41, 5.74) is 6.15. The number of aromatic hydroxyl groups is 1. The van der Waals surface area contributed by atoms with Crippen molar-refractivity contribution >= 4 is 34.8 Å². The highest BCUT2D eigenvalue weighted by Gasteiger charge is 2.09. The number of carbonyl (C=O) groups is 1. The Hall–Kier alpha value is -1.78. The predicted octanol–water partition coefficient (Wildman–Crippen LogP) is 2.25. The fourth-order valence-corrected chi connectivity index (χ4v) is 1.62. The quantitative estimate of drug-likeness (QED) is 0.780. The number of hydrogen-bond acceptors (Lipinski definition) is 3. The van der Waals surface area contributed by atoms with Gasteiger partial charge in [0.1, 0.15) is 5.75 Å². The van der Waals surface area contributed by atoms with Gasteiger partial charge in [-0.1, -0.05) is 18.2 Å². The van der Waals surface area contributed by atoms with Crippen molar-refractivity contribution in [1.29, 1.82) is 0 Å². The van der Waals surface area contributed by atoms with Gasteiger partial charge in [-0.05, 0) is 30.5 Å². The molecule has 0 unspecified atom stereocenters. The summed E-state index contributed by atoms with van der Waals surface area (Å²) in [7, 11) is 0. The maximum atomic E-state index is 11.5. The van der Waals surface area contributed by atoms with Gasteiger partial charge in [-0.15, -0.1) is 12.4 Å². The zero-order valence-electron chi connectivity index (χ0n) is 9.88. The van der Waals surface area contributed by atoms with E-state index < -0.39 is 6.04 Å². The number of phenolic OH excluding ortho intramolecular Hbond substituents is 1. The zero-order chi connectivity index (χ0) is 12.4. The maximum absolute atomic E-state index is 11.5. The molecule has 2 aromatic carbocycles. The molecule has 0 aliphatic rings. The van der Waals surface area contributed by atoms with Crippen molar-refractivity contribution in [3.63, 3.8) is 0 Å². The van der Waals surface area contributed by atoms with Crippen molar-refractivity contribution in [2.75, 3.05) is 5.32 Å². The van der Waals surface area contributed by atoms with Crippen molar-refractivity contribution in [3.8, 4) is 5.75 Å². The molecule has 0 aliphatic carbocycles. The van der Waals surface area contributed by atoms with E-state index in [1.54, 1.807) is 31.2 Å². The Morgan fingerprint density at radius 2 is 2.06 bits per heavy atom. The lowest BCUT2D eigenvalue weighted by Crippen LogP contribution is -2.32. The van der Waals surface area contributed by atoms with Gasteiger partial charge < -0.3 is 16.2 Å². The minimum absolute atomic E-state index is 0. The van der Waals surface area contributed by atoms with Gasteiger partial charge in [0.25, 0.3) is 0 Å². The summed E-state index contributed by atoms with van der Waals surface area (Å²) >= 11 is 0. The van der Waals surface area contributed by atoms with Crippen LogP contribution in [0.5, 0.6) is 5.75 Å². The Morgan fingerprint density at radius 1 is 1.33 bits per heavy atom. The molecule has 96 valence electrons. The third-order valence-electron chi connectivity index (χ3n) is 2.54. The summed E-state index contributed by atoms with van der Waals surface area (Å²) in [5.74, 6) is -0.0826. The fraction of sp³-hybridized carbons (Fsp3) is 0.154. The number of nitrogens with one attached hydrogen (secondary N) is 1. The van der Waals surface area contributed by atoms with Crippen LogP contribution in [0.4, 0.5) is 5.69 Å². The molecule has 0 spiro atoms. The van der Waals surface area contributed by atoms with Gasteiger partial charge in [-0.3, -0.25) is 4.79 Å². The van der Waals surface area contributed by atoms with Crippen molar-refractivity contribution in [2.45, 2.75) is 13.0 Å². The molecule has 4 N–H and O–H groups in total. The SMILES string of the molecule is C[C@@H](N)C(=O)Nc1cccc2ccc(O)cc12.Cl. The second-order valence-corrected chi connectivity index (χ2v) is 3.99. The Balaban J connectivity index is 0.00000162. The van der Waals surface area contributed by atoms with Crippen molar-refractivity contribution in [3.05, 3.63) is 36.4 Å². The van der Waals surface area contributed by atoms with E-state index in [4.69, 9.17) is 5.73 Å². The lowest BCUT2D eigenvalue weighted by Gasteiger charge is -2.10. The van der Waals surface area contributed by atoms with Gasteiger partial charge in [-0.2, -0.15) is 0 Å². The summed E-state index contributed by atoms with van der Waals surface area (Å²) in [4.78, 5) is 11.5. The Bertz CT molecular complexity index is 570. The highest BCUT2D eigenvalue weighted by Crippen LogP contribution is 2.26. The van der Waals surface area contributed by atoms with Crippen molar-refractivity contribution < 1.29 is 9.90 Å². The predicted molar refractivity (Wildman–Crippen MR) is 75.1 cm³/mol. The standard InChI is InChI=1S/C13H14N2O2.ClH/c1-8(14)13(17)15-12-4-2-3-9-5-6-10(16)7-11(9)12;/h2-8,16H,14H2,1H3,(H,15,17);1H/t8-;/m1./s1. The van der Waals surface area contributed by atoms with Gasteiger partial charge in [0.2, 0.25) is 5.91 Å². The van der Waals surface area contributed by atoms with E-state index in [9.17, 15) is 9.90 Å². The lowest BCUT2D eigenvalue weighted by molar-refractivity contribution is -0.117. The molecule has 0 saturated heterocycles. The number of anilines is 1. The van der Waals surface area contributed by atoms with Crippen molar-refractivity contribution in [2.24, 2.45) is 5.73 Å². The number of hydrogen-bond donors (Lipinski definition) is 3. The minimum Gasteiger partial charge on any atom is -0.508 e. The number of rotatable bonds is 2. The van der Waals surface area contributed by atoms with Crippen LogP contribution in [0.1, 0.15) is 6.92 Å². The molecule has 4 nitrogen and oxygen atoms in total. The van der Waals surface area contributed by atoms with E-state index in [-0.39, 0.29) is 24.1 Å². The van der Waals surface area contributed by atoms with Gasteiger partial charge >= 0.3 is 0 Å². The smallest absolute Gasteiger partial charge is 0.241 e. The molecule has 0 bridgehead atoms. The van der Waals surface area contributed by atoms with Gasteiger partial charge in [0.15, 0.2) is 0 Å². The number of halogens is 1. The van der Waals surface area contributed by atoms with E-state index in [0.29, 0.717) is 5.69 Å².